The molecule has 0 N–H and O–H groups in total. The Kier molecular flexibility index (Phi) is 7.55. The highest BCUT2D eigenvalue weighted by atomic mass is 16.1. The van der Waals surface area contributed by atoms with Gasteiger partial charge in [0.15, 0.2) is 0 Å². The third kappa shape index (κ3) is 5.09. The fourth-order valence-electron chi connectivity index (χ4n) is 6.20. The molecule has 0 spiro atoms. The maximum atomic E-state index is 13.4. The van der Waals surface area contributed by atoms with E-state index < -0.39 is 0 Å². The number of nitrogens with zero attached hydrogens (tertiary/aromatic N) is 4. The van der Waals surface area contributed by atoms with Gasteiger partial charge in [0.25, 0.3) is 0 Å². The summed E-state index contributed by atoms with van der Waals surface area (Å²) in [5, 5.41) is 0. The van der Waals surface area contributed by atoms with Gasteiger partial charge in [-0.1, -0.05) is 44.2 Å². The van der Waals surface area contributed by atoms with Gasteiger partial charge < -0.3 is 9.80 Å². The van der Waals surface area contributed by atoms with Crippen LogP contribution in [0.25, 0.3) is 11.0 Å². The lowest BCUT2D eigenvalue weighted by atomic mass is 9.87. The number of piperidine rings is 1. The van der Waals surface area contributed by atoms with Crippen LogP contribution in [0.15, 0.2) is 29.1 Å². The van der Waals surface area contributed by atoms with Crippen molar-refractivity contribution < 1.29 is 0 Å². The first-order valence-electron chi connectivity index (χ1n) is 12.6. The number of rotatable bonds is 6. The molecule has 2 heterocycles. The SMILES string of the molecule is CCn1c(=O)n(C2CCN(CC3CCCCCCC3)CC2CN(C)C)c2ccccc21. The topological polar surface area (TPSA) is 33.4 Å². The fourth-order valence-corrected chi connectivity index (χ4v) is 6.20. The molecule has 31 heavy (non-hydrogen) atoms. The molecule has 0 radical (unpaired) electrons. The van der Waals surface area contributed by atoms with Crippen LogP contribution in [0.2, 0.25) is 0 Å². The highest BCUT2D eigenvalue weighted by Gasteiger charge is 2.34. The van der Waals surface area contributed by atoms with Gasteiger partial charge in [-0.3, -0.25) is 9.13 Å². The average molecular weight is 427 g/mol. The van der Waals surface area contributed by atoms with Crippen molar-refractivity contribution in [3.05, 3.63) is 34.7 Å². The predicted molar refractivity (Wildman–Crippen MR) is 130 cm³/mol. The predicted octanol–water partition coefficient (Wildman–Crippen LogP) is 4.61. The number of fused-ring (bicyclic) bond motifs is 1. The second-order valence-corrected chi connectivity index (χ2v) is 10.2. The van der Waals surface area contributed by atoms with Crippen LogP contribution < -0.4 is 5.69 Å². The van der Waals surface area contributed by atoms with Crippen LogP contribution in [0.5, 0.6) is 0 Å². The van der Waals surface area contributed by atoms with Crippen molar-refractivity contribution >= 4 is 11.0 Å². The monoisotopic (exact) mass is 426 g/mol. The minimum atomic E-state index is 0.172. The van der Waals surface area contributed by atoms with Crippen molar-refractivity contribution in [2.75, 3.05) is 40.3 Å². The van der Waals surface area contributed by atoms with Gasteiger partial charge >= 0.3 is 5.69 Å². The first kappa shape index (κ1) is 22.6. The Morgan fingerprint density at radius 2 is 1.65 bits per heavy atom. The minimum Gasteiger partial charge on any atom is -0.309 e. The number of hydrogen-bond donors (Lipinski definition) is 0. The van der Waals surface area contributed by atoms with Gasteiger partial charge in [-0.25, -0.2) is 4.79 Å². The summed E-state index contributed by atoms with van der Waals surface area (Å²) in [7, 11) is 4.34. The van der Waals surface area contributed by atoms with E-state index in [1.807, 2.05) is 10.6 Å². The standard InChI is InChI=1S/C26H42N4O/c1-4-29-24-14-10-11-15-25(24)30(26(29)31)23-16-17-28(20-22(23)19-27(2)3)18-21-12-8-6-5-7-9-13-21/h10-11,14-15,21-23H,4-9,12-13,16-20H2,1-3H3. The molecule has 5 heteroatoms. The summed E-state index contributed by atoms with van der Waals surface area (Å²) in [4.78, 5) is 18.4. The van der Waals surface area contributed by atoms with Gasteiger partial charge in [0.1, 0.15) is 0 Å². The molecule has 2 unspecified atom stereocenters. The van der Waals surface area contributed by atoms with Crippen molar-refractivity contribution in [3.8, 4) is 0 Å². The van der Waals surface area contributed by atoms with Crippen molar-refractivity contribution in [2.45, 2.75) is 70.9 Å². The summed E-state index contributed by atoms with van der Waals surface area (Å²) in [6.07, 6.45) is 11.0. The van der Waals surface area contributed by atoms with E-state index in [1.54, 1.807) is 0 Å². The molecule has 2 aromatic rings. The summed E-state index contributed by atoms with van der Waals surface area (Å²) < 4.78 is 4.09. The van der Waals surface area contributed by atoms with Crippen LogP contribution in [0, 0.1) is 11.8 Å². The van der Waals surface area contributed by atoms with Crippen molar-refractivity contribution in [1.82, 2.24) is 18.9 Å². The summed E-state index contributed by atoms with van der Waals surface area (Å²) in [5.41, 5.74) is 2.36. The van der Waals surface area contributed by atoms with Crippen LogP contribution in [0.4, 0.5) is 0 Å². The number of aromatic nitrogens is 2. The van der Waals surface area contributed by atoms with Gasteiger partial charge in [0, 0.05) is 44.7 Å². The van der Waals surface area contributed by atoms with Gasteiger partial charge in [0.2, 0.25) is 0 Å². The highest BCUT2D eigenvalue weighted by molar-refractivity contribution is 5.76. The first-order valence-corrected chi connectivity index (χ1v) is 12.6. The summed E-state index contributed by atoms with van der Waals surface area (Å²) in [6, 6.07) is 8.63. The molecule has 0 amide bonds. The Morgan fingerprint density at radius 3 is 2.32 bits per heavy atom. The van der Waals surface area contributed by atoms with Crippen molar-refractivity contribution in [1.29, 1.82) is 0 Å². The molecule has 1 aromatic heterocycles. The fraction of sp³-hybridized carbons (Fsp3) is 0.731. The zero-order valence-electron chi connectivity index (χ0n) is 19.9. The van der Waals surface area contributed by atoms with Gasteiger partial charge in [-0.05, 0) is 58.3 Å². The molecular formula is C26H42N4O. The molecule has 2 atom stereocenters. The summed E-state index contributed by atoms with van der Waals surface area (Å²) >= 11 is 0. The largest absolute Gasteiger partial charge is 0.329 e. The maximum absolute atomic E-state index is 13.4. The number of benzene rings is 1. The average Bonchev–Trinajstić information content (AvgIpc) is 3.01. The van der Waals surface area contributed by atoms with Crippen molar-refractivity contribution in [2.24, 2.45) is 11.8 Å². The van der Waals surface area contributed by atoms with E-state index in [-0.39, 0.29) is 11.7 Å². The minimum absolute atomic E-state index is 0.172. The highest BCUT2D eigenvalue weighted by Crippen LogP contribution is 2.32. The first-order chi connectivity index (χ1) is 15.1. The van der Waals surface area contributed by atoms with Gasteiger partial charge in [-0.15, -0.1) is 0 Å². The normalized spacial score (nSPS) is 24.5. The number of imidazole rings is 1. The Balaban J connectivity index is 1.56. The van der Waals surface area contributed by atoms with Crippen LogP contribution >= 0.6 is 0 Å². The summed E-state index contributed by atoms with van der Waals surface area (Å²) in [6.45, 7) is 7.31. The second-order valence-electron chi connectivity index (χ2n) is 10.2. The molecule has 4 rings (SSSR count). The molecule has 1 aromatic carbocycles. The van der Waals surface area contributed by atoms with Crippen LogP contribution in [-0.4, -0.2) is 59.2 Å². The lowest BCUT2D eigenvalue weighted by molar-refractivity contribution is 0.0861. The zero-order chi connectivity index (χ0) is 21.8. The Bertz CT molecular complexity index is 890. The zero-order valence-corrected chi connectivity index (χ0v) is 19.9. The number of para-hydroxylation sites is 2. The number of aryl methyl sites for hydroxylation is 1. The maximum Gasteiger partial charge on any atom is 0.329 e. The van der Waals surface area contributed by atoms with E-state index in [4.69, 9.17) is 0 Å². The summed E-state index contributed by atoms with van der Waals surface area (Å²) in [5.74, 6) is 1.34. The van der Waals surface area contributed by atoms with E-state index in [1.165, 1.54) is 51.5 Å². The van der Waals surface area contributed by atoms with E-state index in [2.05, 4.69) is 53.6 Å². The van der Waals surface area contributed by atoms with Crippen LogP contribution in [-0.2, 0) is 6.54 Å². The third-order valence-corrected chi connectivity index (χ3v) is 7.64. The second kappa shape index (κ2) is 10.4. The Labute approximate surface area is 188 Å². The van der Waals surface area contributed by atoms with E-state index in [9.17, 15) is 4.79 Å². The number of likely N-dealkylation sites (tertiary alicyclic amines) is 1. The van der Waals surface area contributed by atoms with Gasteiger partial charge in [-0.2, -0.15) is 0 Å². The van der Waals surface area contributed by atoms with Crippen molar-refractivity contribution in [3.63, 3.8) is 0 Å². The van der Waals surface area contributed by atoms with E-state index in [0.29, 0.717) is 5.92 Å². The number of hydrogen-bond acceptors (Lipinski definition) is 3. The Hall–Kier alpha value is -1.59. The van der Waals surface area contributed by atoms with Crippen LogP contribution in [0.3, 0.4) is 0 Å². The molecule has 1 saturated carbocycles. The van der Waals surface area contributed by atoms with E-state index in [0.717, 1.165) is 49.6 Å². The van der Waals surface area contributed by atoms with E-state index >= 15 is 0 Å². The molecule has 1 aliphatic heterocycles. The quantitative estimate of drug-likeness (QED) is 0.676. The molecule has 2 fully saturated rings. The molecule has 2 aliphatic rings. The lowest BCUT2D eigenvalue weighted by Gasteiger charge is -2.41. The molecule has 172 valence electrons. The lowest BCUT2D eigenvalue weighted by Crippen LogP contribution is -2.48. The Morgan fingerprint density at radius 1 is 0.968 bits per heavy atom. The molecule has 5 nitrogen and oxygen atoms in total. The molecule has 1 saturated heterocycles. The molecule has 0 bridgehead atoms. The van der Waals surface area contributed by atoms with Gasteiger partial charge in [0.05, 0.1) is 11.0 Å². The molecule has 1 aliphatic carbocycles. The third-order valence-electron chi connectivity index (χ3n) is 7.64. The smallest absolute Gasteiger partial charge is 0.309 e. The van der Waals surface area contributed by atoms with Crippen LogP contribution in [0.1, 0.15) is 64.3 Å². The molecular weight excluding hydrogens is 384 g/mol.